The lowest BCUT2D eigenvalue weighted by atomic mass is 10.0. The number of aromatic nitrogens is 2. The van der Waals surface area contributed by atoms with Crippen molar-refractivity contribution in [1.29, 1.82) is 0 Å². The van der Waals surface area contributed by atoms with E-state index in [0.717, 1.165) is 65.2 Å². The molecule has 2 aromatic carbocycles. The summed E-state index contributed by atoms with van der Waals surface area (Å²) in [7, 11) is 1.30. The van der Waals surface area contributed by atoms with Crippen molar-refractivity contribution in [3.8, 4) is 0 Å². The van der Waals surface area contributed by atoms with Gasteiger partial charge >= 0.3 is 10.8 Å². The van der Waals surface area contributed by atoms with Crippen LogP contribution in [0.2, 0.25) is 5.02 Å². The number of benzene rings is 2. The first-order valence-corrected chi connectivity index (χ1v) is 16.4. The number of hydrogen-bond donors (Lipinski definition) is 0. The monoisotopic (exact) mass is 672 g/mol. The van der Waals surface area contributed by atoms with E-state index in [1.54, 1.807) is 14.3 Å². The Morgan fingerprint density at radius 2 is 1.91 bits per heavy atom. The lowest BCUT2D eigenvalue weighted by Gasteiger charge is -2.25. The number of carbonyl (C=O) groups excluding carboxylic acids is 2. The highest BCUT2D eigenvalue weighted by Crippen LogP contribution is 2.33. The number of para-hydroxylation sites is 1. The zero-order chi connectivity index (χ0) is 31.5. The molecule has 1 amide bonds. The molecule has 4 rings (SSSR count). The molecule has 1 aromatic heterocycles. The molecule has 43 heavy (non-hydrogen) atoms. The molecule has 0 bridgehead atoms. The number of methoxy groups -OCH3 is 1. The number of alkyl halides is 1. The number of nitrogens with zero attached hydrogens (tertiary/aromatic N) is 4. The predicted octanol–water partition coefficient (Wildman–Crippen LogP) is 5.92. The predicted molar refractivity (Wildman–Crippen MR) is 170 cm³/mol. The summed E-state index contributed by atoms with van der Waals surface area (Å²) in [4.78, 5) is 42.1. The number of thioether (sulfide) groups is 1. The molecule has 14 heteroatoms. The molecule has 234 valence electrons. The van der Waals surface area contributed by atoms with Crippen LogP contribution in [0.5, 0.6) is 0 Å². The van der Waals surface area contributed by atoms with Gasteiger partial charge in [-0.1, -0.05) is 36.7 Å². The highest BCUT2D eigenvalue weighted by molar-refractivity contribution is 8.00. The minimum Gasteiger partial charge on any atom is -0.468 e. The summed E-state index contributed by atoms with van der Waals surface area (Å²) in [5.74, 6) is -1.09. The minimum atomic E-state index is -0.580. The maximum Gasteiger partial charge on any atom is 0.325 e. The van der Waals surface area contributed by atoms with Gasteiger partial charge in [-0.05, 0) is 67.7 Å². The van der Waals surface area contributed by atoms with Gasteiger partial charge in [0.05, 0.1) is 23.6 Å². The average Bonchev–Trinajstić information content (AvgIpc) is 3.33. The third-order valence-corrected chi connectivity index (χ3v) is 9.05. The number of anilines is 1. The highest BCUT2D eigenvalue weighted by Gasteiger charge is 2.19. The lowest BCUT2D eigenvalue weighted by molar-refractivity contribution is -0.137. The molecule has 0 spiro atoms. The van der Waals surface area contributed by atoms with Crippen LogP contribution in [0.4, 0.5) is 15.8 Å². The molecule has 0 N–H and O–H groups in total. The van der Waals surface area contributed by atoms with E-state index >= 15 is 0 Å². The molecule has 0 radical (unpaired) electrons. The van der Waals surface area contributed by atoms with Gasteiger partial charge in [0.2, 0.25) is 10.7 Å². The Morgan fingerprint density at radius 3 is 2.56 bits per heavy atom. The Kier molecular flexibility index (Phi) is 13.8. The Morgan fingerprint density at radius 1 is 1.19 bits per heavy atom. The number of aryl methyl sites for hydroxylation is 2. The molecular weight excluding hydrogens is 638 g/mol. The number of esters is 1. The first-order chi connectivity index (χ1) is 20.6. The molecule has 0 saturated carbocycles. The Balaban J connectivity index is 0.000000250. The third-order valence-electron chi connectivity index (χ3n) is 6.49. The first kappa shape index (κ1) is 34.8. The van der Waals surface area contributed by atoms with Crippen LogP contribution in [-0.4, -0.2) is 53.3 Å². The van der Waals surface area contributed by atoms with Gasteiger partial charge in [0.25, 0.3) is 0 Å². The summed E-state index contributed by atoms with van der Waals surface area (Å²) in [6.45, 7) is 8.11. The Hall–Kier alpha value is -2.64. The van der Waals surface area contributed by atoms with Crippen molar-refractivity contribution in [2.45, 2.75) is 58.0 Å². The van der Waals surface area contributed by atoms with E-state index in [2.05, 4.69) is 16.7 Å². The second-order valence-corrected chi connectivity index (χ2v) is 11.9. The number of rotatable bonds is 10. The summed E-state index contributed by atoms with van der Waals surface area (Å²) in [5, 5.41) is 0.199. The standard InChI is InChI=1S/C15H15ClFN3O3S2.C14H20ClNO2/c1-23-13(21)8-24-12-7-11(10(17)6-9(12)16)18-14-19-4-2-3-5-20(19)15(22)25-14;1-4-12-8-6-7-11(3)14(12)16(10-18-5-2)13(17)9-15/h6-7H,2-5,8H2,1H3;6-8H,4-5,9-10H2,1-3H3/b18-14-;. The van der Waals surface area contributed by atoms with Crippen molar-refractivity contribution < 1.29 is 23.5 Å². The second kappa shape index (κ2) is 17.0. The van der Waals surface area contributed by atoms with Gasteiger partial charge in [0, 0.05) is 24.6 Å². The fraction of sp³-hybridized carbons (Fsp3) is 0.448. The molecule has 9 nitrogen and oxygen atoms in total. The van der Waals surface area contributed by atoms with Crippen molar-refractivity contribution in [2.24, 2.45) is 4.99 Å². The van der Waals surface area contributed by atoms with Gasteiger partial charge in [-0.2, -0.15) is 0 Å². The van der Waals surface area contributed by atoms with Crippen LogP contribution in [0.25, 0.3) is 0 Å². The minimum absolute atomic E-state index is 0.0371. The van der Waals surface area contributed by atoms with Crippen LogP contribution in [0.3, 0.4) is 0 Å². The molecule has 0 atom stereocenters. The van der Waals surface area contributed by atoms with E-state index in [1.165, 1.54) is 13.2 Å². The quantitative estimate of drug-likeness (QED) is 0.115. The molecular formula is C29H35Cl2FN4O5S2. The van der Waals surface area contributed by atoms with Gasteiger partial charge in [-0.3, -0.25) is 24.0 Å². The summed E-state index contributed by atoms with van der Waals surface area (Å²) in [6, 6.07) is 8.67. The molecule has 1 aliphatic rings. The van der Waals surface area contributed by atoms with Crippen LogP contribution in [0, 0.1) is 12.7 Å². The van der Waals surface area contributed by atoms with Gasteiger partial charge in [-0.15, -0.1) is 23.4 Å². The zero-order valence-electron chi connectivity index (χ0n) is 24.5. The summed E-state index contributed by atoms with van der Waals surface area (Å²) < 4.78 is 27.6. The van der Waals surface area contributed by atoms with Crippen LogP contribution < -0.4 is 14.6 Å². The summed E-state index contributed by atoms with van der Waals surface area (Å²) in [6.07, 6.45) is 2.77. The number of carbonyl (C=O) groups is 2. The van der Waals surface area contributed by atoms with Crippen molar-refractivity contribution >= 4 is 69.6 Å². The maximum absolute atomic E-state index is 14.3. The van der Waals surface area contributed by atoms with Gasteiger partial charge in [-0.25, -0.2) is 14.1 Å². The molecule has 0 saturated heterocycles. The highest BCUT2D eigenvalue weighted by atomic mass is 35.5. The largest absolute Gasteiger partial charge is 0.468 e. The zero-order valence-corrected chi connectivity index (χ0v) is 27.7. The van der Waals surface area contributed by atoms with E-state index in [0.29, 0.717) is 29.4 Å². The smallest absolute Gasteiger partial charge is 0.325 e. The van der Waals surface area contributed by atoms with E-state index in [-0.39, 0.29) is 39.9 Å². The van der Waals surface area contributed by atoms with Crippen LogP contribution in [0.1, 0.15) is 37.8 Å². The fourth-order valence-electron chi connectivity index (χ4n) is 4.34. The molecule has 2 heterocycles. The lowest BCUT2D eigenvalue weighted by Crippen LogP contribution is -2.35. The molecule has 0 unspecified atom stereocenters. The topological polar surface area (TPSA) is 95.1 Å². The fourth-order valence-corrected chi connectivity index (χ4v) is 6.47. The van der Waals surface area contributed by atoms with Crippen molar-refractivity contribution in [2.75, 3.05) is 37.0 Å². The van der Waals surface area contributed by atoms with E-state index in [9.17, 15) is 18.8 Å². The van der Waals surface area contributed by atoms with Crippen molar-refractivity contribution in [3.63, 3.8) is 0 Å². The Labute approximate surface area is 268 Å². The van der Waals surface area contributed by atoms with Gasteiger partial charge in [0.1, 0.15) is 24.1 Å². The molecule has 0 aliphatic carbocycles. The summed E-state index contributed by atoms with van der Waals surface area (Å²) >= 11 is 13.8. The summed E-state index contributed by atoms with van der Waals surface area (Å²) in [5.41, 5.74) is 3.21. The number of amides is 1. The normalized spacial score (nSPS) is 12.8. The third kappa shape index (κ3) is 9.18. The first-order valence-electron chi connectivity index (χ1n) is 13.7. The molecule has 1 aliphatic heterocycles. The van der Waals surface area contributed by atoms with Crippen LogP contribution in [-0.2, 0) is 38.6 Å². The number of fused-ring (bicyclic) bond motifs is 1. The average molecular weight is 674 g/mol. The van der Waals surface area contributed by atoms with Crippen molar-refractivity contribution in [3.05, 3.63) is 66.8 Å². The number of ether oxygens (including phenoxy) is 2. The van der Waals surface area contributed by atoms with E-state index in [4.69, 9.17) is 27.9 Å². The maximum atomic E-state index is 14.3. The SMILES string of the molecule is CCOCN(C(=O)CCl)c1c(C)cccc1CC.COC(=O)CSc1cc(/N=c2\sc(=O)n3n2CCCC3)c(F)cc1Cl. The number of hydrogen-bond acceptors (Lipinski definition) is 8. The van der Waals surface area contributed by atoms with Crippen molar-refractivity contribution in [1.82, 2.24) is 9.36 Å². The van der Waals surface area contributed by atoms with Gasteiger partial charge in [0.15, 0.2) is 0 Å². The molecule has 3 aromatic rings. The molecule has 0 fully saturated rings. The second-order valence-electron chi connectivity index (χ2n) is 9.33. The van der Waals surface area contributed by atoms with E-state index in [1.807, 2.05) is 32.0 Å². The van der Waals surface area contributed by atoms with Crippen LogP contribution in [0.15, 0.2) is 45.0 Å². The van der Waals surface area contributed by atoms with Gasteiger partial charge < -0.3 is 9.47 Å². The Bertz CT molecular complexity index is 1560. The van der Waals surface area contributed by atoms with E-state index < -0.39 is 11.8 Å². The van der Waals surface area contributed by atoms with Crippen LogP contribution >= 0.6 is 46.3 Å². The number of halogens is 3.